The fourth-order valence-electron chi connectivity index (χ4n) is 3.44. The highest BCUT2D eigenvalue weighted by molar-refractivity contribution is 8.15. The molecule has 0 spiro atoms. The van der Waals surface area contributed by atoms with Gasteiger partial charge in [-0.2, -0.15) is 0 Å². The van der Waals surface area contributed by atoms with Crippen LogP contribution in [0.15, 0.2) is 29.3 Å². The third kappa shape index (κ3) is 3.54. The second-order valence-electron chi connectivity index (χ2n) is 7.04. The van der Waals surface area contributed by atoms with Gasteiger partial charge < -0.3 is 25.6 Å². The number of anilines is 1. The van der Waals surface area contributed by atoms with Crippen LogP contribution in [0.25, 0.3) is 0 Å². The number of aliphatic imine (C=N–C) groups is 1. The van der Waals surface area contributed by atoms with Gasteiger partial charge in [0.15, 0.2) is 5.17 Å². The molecule has 140 valence electrons. The van der Waals surface area contributed by atoms with Gasteiger partial charge in [0.25, 0.3) is 0 Å². The van der Waals surface area contributed by atoms with Crippen molar-refractivity contribution in [1.29, 1.82) is 0 Å². The Labute approximate surface area is 156 Å². The summed E-state index contributed by atoms with van der Waals surface area (Å²) in [5, 5.41) is 27.3. The molecular weight excluding hydrogens is 354 g/mol. The van der Waals surface area contributed by atoms with Crippen LogP contribution in [0.2, 0.25) is 0 Å². The molecule has 0 aromatic heterocycles. The lowest BCUT2D eigenvalue weighted by molar-refractivity contribution is -0.129. The molecule has 26 heavy (non-hydrogen) atoms. The summed E-state index contributed by atoms with van der Waals surface area (Å²) >= 11 is 1.46. The van der Waals surface area contributed by atoms with Crippen LogP contribution in [0.5, 0.6) is 5.75 Å². The van der Waals surface area contributed by atoms with Crippen molar-refractivity contribution < 1.29 is 19.7 Å². The summed E-state index contributed by atoms with van der Waals surface area (Å²) in [5.74, 6) is 0.366. The van der Waals surface area contributed by atoms with Crippen molar-refractivity contribution in [1.82, 2.24) is 5.32 Å². The highest BCUT2D eigenvalue weighted by Gasteiger charge is 2.50. The molecule has 7 nitrogen and oxygen atoms in total. The number of thioether (sulfide) groups is 1. The number of nitrogens with one attached hydrogen (secondary N) is 2. The third-order valence-corrected chi connectivity index (χ3v) is 6.40. The van der Waals surface area contributed by atoms with Gasteiger partial charge in [-0.05, 0) is 43.5 Å². The number of amidine groups is 1. The van der Waals surface area contributed by atoms with Gasteiger partial charge in [0, 0.05) is 17.0 Å². The molecule has 0 unspecified atom stereocenters. The van der Waals surface area contributed by atoms with Crippen LogP contribution in [0, 0.1) is 5.92 Å². The Balaban J connectivity index is 1.48. The predicted molar refractivity (Wildman–Crippen MR) is 101 cm³/mol. The first-order chi connectivity index (χ1) is 12.5. The number of aliphatic hydroxyl groups is 2. The first kappa shape index (κ1) is 17.6. The minimum absolute atomic E-state index is 0.0400. The molecule has 5 atom stereocenters. The van der Waals surface area contributed by atoms with Crippen LogP contribution in [0.1, 0.15) is 19.3 Å². The summed E-state index contributed by atoms with van der Waals surface area (Å²) in [4.78, 5) is 17.1. The molecule has 4 rings (SSSR count). The number of hydrogen-bond donors (Lipinski definition) is 4. The fraction of sp³-hybridized carbons (Fsp3) is 0.556. The van der Waals surface area contributed by atoms with Gasteiger partial charge in [-0.3, -0.25) is 9.79 Å². The van der Waals surface area contributed by atoms with Crippen molar-refractivity contribution in [2.45, 2.75) is 48.8 Å². The molecule has 0 bridgehead atoms. The summed E-state index contributed by atoms with van der Waals surface area (Å²) in [6.07, 6.45) is 0.416. The Morgan fingerprint density at radius 2 is 2.00 bits per heavy atom. The minimum Gasteiger partial charge on any atom is -0.497 e. The Hall–Kier alpha value is -1.77. The topological polar surface area (TPSA) is 103 Å². The summed E-state index contributed by atoms with van der Waals surface area (Å²) in [6.45, 7) is 0. The summed E-state index contributed by atoms with van der Waals surface area (Å²) in [7, 11) is 1.61. The lowest BCUT2D eigenvalue weighted by Crippen LogP contribution is -2.54. The van der Waals surface area contributed by atoms with E-state index in [9.17, 15) is 15.0 Å². The van der Waals surface area contributed by atoms with E-state index in [0.717, 1.165) is 24.3 Å². The summed E-state index contributed by atoms with van der Waals surface area (Å²) < 4.78 is 5.15. The number of hydrogen-bond acceptors (Lipinski definition) is 7. The number of carbonyl (C=O) groups is 1. The second-order valence-corrected chi connectivity index (χ2v) is 8.21. The largest absolute Gasteiger partial charge is 0.497 e. The number of aliphatic hydroxyl groups excluding tert-OH is 2. The number of carbonyl (C=O) groups excluding carboxylic acids is 1. The average Bonchev–Trinajstić information content (AvgIpc) is 3.35. The maximum atomic E-state index is 12.6. The minimum atomic E-state index is -0.951. The van der Waals surface area contributed by atoms with Crippen molar-refractivity contribution in [3.8, 4) is 5.75 Å². The standard InChI is InChI=1S/C18H23N3O4S/c1-25-11-6-4-10(5-7-11)20-18-21-14-15(23)13(22)8-12(16(14)26-18)17(24)19-9-2-3-9/h4-7,9,12-16,22-23H,2-3,8H2,1H3,(H,19,24)(H,20,21)/t12-,13+,14-,15-,16+/m0/s1. The molecule has 1 aromatic rings. The monoisotopic (exact) mass is 377 g/mol. The molecular formula is C18H23N3O4S. The molecule has 0 radical (unpaired) electrons. The molecule has 2 aliphatic carbocycles. The van der Waals surface area contributed by atoms with Crippen LogP contribution in [-0.4, -0.2) is 57.9 Å². The first-order valence-corrected chi connectivity index (χ1v) is 9.75. The lowest BCUT2D eigenvalue weighted by atomic mass is 9.81. The molecule has 1 aliphatic heterocycles. The Kier molecular flexibility index (Phi) is 4.81. The zero-order valence-electron chi connectivity index (χ0n) is 14.5. The molecule has 2 saturated carbocycles. The highest BCUT2D eigenvalue weighted by atomic mass is 32.2. The van der Waals surface area contributed by atoms with Crippen LogP contribution < -0.4 is 15.4 Å². The summed E-state index contributed by atoms with van der Waals surface area (Å²) in [6, 6.07) is 7.24. The van der Waals surface area contributed by atoms with Crippen molar-refractivity contribution in [3.63, 3.8) is 0 Å². The van der Waals surface area contributed by atoms with E-state index in [1.807, 2.05) is 24.3 Å². The quantitative estimate of drug-likeness (QED) is 0.623. The first-order valence-electron chi connectivity index (χ1n) is 8.87. The van der Waals surface area contributed by atoms with Crippen LogP contribution in [-0.2, 0) is 4.79 Å². The second kappa shape index (κ2) is 7.09. The van der Waals surface area contributed by atoms with Crippen molar-refractivity contribution in [2.24, 2.45) is 10.9 Å². The predicted octanol–water partition coefficient (Wildman–Crippen LogP) is 0.967. The molecule has 1 amide bonds. The van der Waals surface area contributed by atoms with Crippen LogP contribution in [0.3, 0.4) is 0 Å². The molecule has 2 fully saturated rings. The number of ether oxygens (including phenoxy) is 1. The van der Waals surface area contributed by atoms with E-state index in [-0.39, 0.29) is 29.5 Å². The van der Waals surface area contributed by atoms with E-state index in [2.05, 4.69) is 15.6 Å². The van der Waals surface area contributed by atoms with Crippen molar-refractivity contribution in [3.05, 3.63) is 24.3 Å². The van der Waals surface area contributed by atoms with Gasteiger partial charge in [-0.25, -0.2) is 0 Å². The Morgan fingerprint density at radius 1 is 1.27 bits per heavy atom. The van der Waals surface area contributed by atoms with E-state index >= 15 is 0 Å². The maximum Gasteiger partial charge on any atom is 0.224 e. The van der Waals surface area contributed by atoms with Gasteiger partial charge in [0.1, 0.15) is 11.9 Å². The van der Waals surface area contributed by atoms with Gasteiger partial charge in [-0.1, -0.05) is 11.8 Å². The zero-order chi connectivity index (χ0) is 18.3. The van der Waals surface area contributed by atoms with E-state index in [1.54, 1.807) is 7.11 Å². The molecule has 4 N–H and O–H groups in total. The molecule has 1 aromatic carbocycles. The lowest BCUT2D eigenvalue weighted by Gasteiger charge is -2.37. The Bertz CT molecular complexity index is 707. The number of methoxy groups -OCH3 is 1. The van der Waals surface area contributed by atoms with E-state index in [1.165, 1.54) is 11.8 Å². The zero-order valence-corrected chi connectivity index (χ0v) is 15.3. The van der Waals surface area contributed by atoms with E-state index < -0.39 is 18.2 Å². The van der Waals surface area contributed by atoms with E-state index in [0.29, 0.717) is 5.17 Å². The fourth-order valence-corrected chi connectivity index (χ4v) is 4.82. The van der Waals surface area contributed by atoms with Gasteiger partial charge in [-0.15, -0.1) is 0 Å². The molecule has 1 heterocycles. The van der Waals surface area contributed by atoms with Crippen LogP contribution >= 0.6 is 11.8 Å². The highest BCUT2D eigenvalue weighted by Crippen LogP contribution is 2.41. The van der Waals surface area contributed by atoms with Crippen molar-refractivity contribution >= 4 is 28.5 Å². The van der Waals surface area contributed by atoms with Crippen LogP contribution in [0.4, 0.5) is 5.69 Å². The van der Waals surface area contributed by atoms with E-state index in [4.69, 9.17) is 4.74 Å². The average molecular weight is 377 g/mol. The molecule has 3 aliphatic rings. The smallest absolute Gasteiger partial charge is 0.224 e. The van der Waals surface area contributed by atoms with Gasteiger partial charge in [0.05, 0.1) is 25.2 Å². The number of fused-ring (bicyclic) bond motifs is 1. The van der Waals surface area contributed by atoms with Gasteiger partial charge >= 0.3 is 0 Å². The molecule has 8 heteroatoms. The normalized spacial score (nSPS) is 33.2. The van der Waals surface area contributed by atoms with Gasteiger partial charge in [0.2, 0.25) is 5.91 Å². The maximum absolute atomic E-state index is 12.6. The molecule has 0 saturated heterocycles. The third-order valence-electron chi connectivity index (χ3n) is 5.09. The number of amides is 1. The number of rotatable bonds is 4. The SMILES string of the molecule is COc1ccc(NC2=N[C@H]3[C@@H](O)[C@H](O)C[C@H](C(=O)NC4CC4)[C@H]3S2)cc1. The number of nitrogens with zero attached hydrogens (tertiary/aromatic N) is 1. The Morgan fingerprint density at radius 3 is 2.65 bits per heavy atom. The summed E-state index contributed by atoms with van der Waals surface area (Å²) in [5.41, 5.74) is 0.852. The number of benzene rings is 1. The van der Waals surface area contributed by atoms with Crippen molar-refractivity contribution in [2.75, 3.05) is 12.4 Å².